The average molecular weight is 534 g/mol. The van der Waals surface area contributed by atoms with Crippen LogP contribution in [-0.4, -0.2) is 23.6 Å². The van der Waals surface area contributed by atoms with Gasteiger partial charge >= 0.3 is 0 Å². The van der Waals surface area contributed by atoms with E-state index in [9.17, 15) is 14.7 Å². The second-order valence-corrected chi connectivity index (χ2v) is 10.5. The molecule has 1 saturated heterocycles. The summed E-state index contributed by atoms with van der Waals surface area (Å²) in [4.78, 5) is 28.1. The zero-order valence-corrected chi connectivity index (χ0v) is 21.1. The first-order chi connectivity index (χ1) is 16.6. The number of Topliss-reactive ketones (excluding diaryl/α,β-unsaturated/α-hetero) is 1. The number of carbonyl (C=O) groups is 2. The summed E-state index contributed by atoms with van der Waals surface area (Å²) < 4.78 is 11.7. The van der Waals surface area contributed by atoms with E-state index in [1.54, 1.807) is 42.5 Å². The first kappa shape index (κ1) is 23.2. The molecule has 7 heteroatoms. The fourth-order valence-electron chi connectivity index (χ4n) is 4.38. The van der Waals surface area contributed by atoms with Crippen molar-refractivity contribution in [1.29, 1.82) is 0 Å². The number of rotatable bonds is 3. The molecule has 35 heavy (non-hydrogen) atoms. The molecule has 6 nitrogen and oxygen atoms in total. The van der Waals surface area contributed by atoms with Crippen molar-refractivity contribution in [2.45, 2.75) is 32.2 Å². The molecule has 1 amide bonds. The Bertz CT molecular complexity index is 1350. The van der Waals surface area contributed by atoms with Gasteiger partial charge in [0.2, 0.25) is 6.79 Å². The first-order valence-corrected chi connectivity index (χ1v) is 12.0. The first-order valence-electron chi connectivity index (χ1n) is 11.2. The van der Waals surface area contributed by atoms with Gasteiger partial charge in [0.25, 0.3) is 11.7 Å². The third-order valence-corrected chi connectivity index (χ3v) is 6.82. The Balaban J connectivity index is 1.69. The Kier molecular flexibility index (Phi) is 5.68. The summed E-state index contributed by atoms with van der Waals surface area (Å²) in [5.41, 5.74) is 2.75. The van der Waals surface area contributed by atoms with Gasteiger partial charge in [0.15, 0.2) is 11.5 Å². The van der Waals surface area contributed by atoms with Gasteiger partial charge in [0, 0.05) is 21.8 Å². The van der Waals surface area contributed by atoms with Crippen molar-refractivity contribution in [2.75, 3.05) is 11.7 Å². The maximum Gasteiger partial charge on any atom is 0.300 e. The summed E-state index contributed by atoms with van der Waals surface area (Å²) in [6.07, 6.45) is 0. The van der Waals surface area contributed by atoms with Gasteiger partial charge in [-0.15, -0.1) is 0 Å². The lowest BCUT2D eigenvalue weighted by molar-refractivity contribution is -0.132. The molecular formula is C28H24BrNO5. The Morgan fingerprint density at radius 1 is 0.943 bits per heavy atom. The van der Waals surface area contributed by atoms with Crippen molar-refractivity contribution in [2.24, 2.45) is 0 Å². The van der Waals surface area contributed by atoms with Gasteiger partial charge in [0.1, 0.15) is 5.76 Å². The molecule has 0 radical (unpaired) electrons. The lowest BCUT2D eigenvalue weighted by Crippen LogP contribution is -2.29. The molecule has 5 rings (SSSR count). The summed E-state index contributed by atoms with van der Waals surface area (Å²) in [6, 6.07) is 19.1. The van der Waals surface area contributed by atoms with E-state index in [2.05, 4.69) is 36.7 Å². The van der Waals surface area contributed by atoms with E-state index in [-0.39, 0.29) is 23.5 Å². The molecule has 0 saturated carbocycles. The number of carbonyl (C=O) groups excluding carboxylic acids is 2. The molecule has 0 bridgehead atoms. The van der Waals surface area contributed by atoms with Crippen LogP contribution >= 0.6 is 15.9 Å². The van der Waals surface area contributed by atoms with Crippen molar-refractivity contribution >= 4 is 39.1 Å². The van der Waals surface area contributed by atoms with Crippen molar-refractivity contribution in [3.05, 3.63) is 93.5 Å². The number of halogens is 1. The number of hydrogen-bond acceptors (Lipinski definition) is 5. The SMILES string of the molecule is CC(C)(C)c1ccc(C2/C(=C(\O)c3ccc(Br)cc3)C(=O)C(=O)N2c2ccc3c(c2)OCO3)cc1. The smallest absolute Gasteiger partial charge is 0.300 e. The number of benzene rings is 3. The molecule has 1 fully saturated rings. The summed E-state index contributed by atoms with van der Waals surface area (Å²) in [5, 5.41) is 11.3. The summed E-state index contributed by atoms with van der Waals surface area (Å²) in [5.74, 6) is -0.602. The van der Waals surface area contributed by atoms with Crippen LogP contribution in [0.3, 0.4) is 0 Å². The number of nitrogens with zero attached hydrogens (tertiary/aromatic N) is 1. The largest absolute Gasteiger partial charge is 0.507 e. The minimum absolute atomic E-state index is 0.0403. The minimum atomic E-state index is -0.812. The van der Waals surface area contributed by atoms with Crippen LogP contribution in [0.2, 0.25) is 0 Å². The number of amides is 1. The molecule has 2 aliphatic heterocycles. The lowest BCUT2D eigenvalue weighted by Gasteiger charge is -2.26. The number of fused-ring (bicyclic) bond motifs is 1. The Hall–Kier alpha value is -3.58. The van der Waals surface area contributed by atoms with Gasteiger partial charge < -0.3 is 14.6 Å². The molecule has 3 aromatic carbocycles. The highest BCUT2D eigenvalue weighted by Gasteiger charge is 2.47. The summed E-state index contributed by atoms with van der Waals surface area (Å²) >= 11 is 3.39. The minimum Gasteiger partial charge on any atom is -0.507 e. The molecule has 3 aromatic rings. The van der Waals surface area contributed by atoms with Crippen LogP contribution in [0.5, 0.6) is 11.5 Å². The van der Waals surface area contributed by atoms with Crippen molar-refractivity contribution in [3.63, 3.8) is 0 Å². The molecule has 2 heterocycles. The molecule has 0 aliphatic carbocycles. The van der Waals surface area contributed by atoms with E-state index < -0.39 is 17.7 Å². The topological polar surface area (TPSA) is 76.1 Å². The Morgan fingerprint density at radius 2 is 1.60 bits per heavy atom. The fourth-order valence-corrected chi connectivity index (χ4v) is 4.64. The van der Waals surface area contributed by atoms with E-state index in [4.69, 9.17) is 9.47 Å². The molecule has 0 aromatic heterocycles. The molecule has 0 spiro atoms. The maximum absolute atomic E-state index is 13.4. The second kappa shape index (κ2) is 8.57. The third kappa shape index (κ3) is 4.10. The van der Waals surface area contributed by atoms with E-state index in [0.29, 0.717) is 28.3 Å². The highest BCUT2D eigenvalue weighted by molar-refractivity contribution is 9.10. The molecule has 1 N–H and O–H groups in total. The number of anilines is 1. The van der Waals surface area contributed by atoms with Crippen molar-refractivity contribution in [1.82, 2.24) is 0 Å². The number of aliphatic hydroxyl groups excluding tert-OH is 1. The van der Waals surface area contributed by atoms with Crippen LogP contribution in [0.1, 0.15) is 43.5 Å². The molecular weight excluding hydrogens is 510 g/mol. The third-order valence-electron chi connectivity index (χ3n) is 6.29. The van der Waals surface area contributed by atoms with Gasteiger partial charge in [-0.25, -0.2) is 0 Å². The number of aliphatic hydroxyl groups is 1. The zero-order chi connectivity index (χ0) is 24.9. The Labute approximate surface area is 211 Å². The average Bonchev–Trinajstić information content (AvgIpc) is 3.40. The number of hydrogen-bond donors (Lipinski definition) is 1. The van der Waals surface area contributed by atoms with E-state index >= 15 is 0 Å². The van der Waals surface area contributed by atoms with E-state index in [1.165, 1.54) is 4.90 Å². The monoisotopic (exact) mass is 533 g/mol. The van der Waals surface area contributed by atoms with E-state index in [0.717, 1.165) is 10.0 Å². The van der Waals surface area contributed by atoms with Crippen molar-refractivity contribution in [3.8, 4) is 11.5 Å². The molecule has 1 atom stereocenters. The summed E-state index contributed by atoms with van der Waals surface area (Å²) in [6.45, 7) is 6.45. The summed E-state index contributed by atoms with van der Waals surface area (Å²) in [7, 11) is 0. The van der Waals surface area contributed by atoms with Crippen LogP contribution < -0.4 is 14.4 Å². The van der Waals surface area contributed by atoms with Gasteiger partial charge in [-0.05, 0) is 40.8 Å². The van der Waals surface area contributed by atoms with Crippen LogP contribution in [0.15, 0.2) is 76.8 Å². The normalized spacial score (nSPS) is 18.9. The van der Waals surface area contributed by atoms with Crippen LogP contribution in [0.25, 0.3) is 5.76 Å². The van der Waals surface area contributed by atoms with E-state index in [1.807, 2.05) is 24.3 Å². The lowest BCUT2D eigenvalue weighted by atomic mass is 9.85. The van der Waals surface area contributed by atoms with Gasteiger partial charge in [0.05, 0.1) is 11.6 Å². The Morgan fingerprint density at radius 3 is 2.26 bits per heavy atom. The van der Waals surface area contributed by atoms with Crippen molar-refractivity contribution < 1.29 is 24.2 Å². The predicted octanol–water partition coefficient (Wildman–Crippen LogP) is 6.10. The second-order valence-electron chi connectivity index (χ2n) is 9.59. The number of ether oxygens (including phenoxy) is 2. The van der Waals surface area contributed by atoms with Crippen LogP contribution in [-0.2, 0) is 15.0 Å². The molecule has 1 unspecified atom stereocenters. The highest BCUT2D eigenvalue weighted by Crippen LogP contribution is 2.45. The highest BCUT2D eigenvalue weighted by atomic mass is 79.9. The van der Waals surface area contributed by atoms with Crippen LogP contribution in [0, 0.1) is 0 Å². The fraction of sp³-hybridized carbons (Fsp3) is 0.214. The molecule has 178 valence electrons. The number of ketones is 1. The van der Waals surface area contributed by atoms with Gasteiger partial charge in [-0.1, -0.05) is 73.1 Å². The quantitative estimate of drug-likeness (QED) is 0.250. The van der Waals surface area contributed by atoms with Crippen LogP contribution in [0.4, 0.5) is 5.69 Å². The zero-order valence-electron chi connectivity index (χ0n) is 19.5. The standard InChI is InChI=1S/C28H24BrNO5/c1-28(2,3)18-8-4-16(5-9-18)24-23(25(31)17-6-10-19(29)11-7-17)26(32)27(33)30(24)20-12-13-21-22(14-20)35-15-34-21/h4-14,24,31H,15H2,1-3H3/b25-23+. The maximum atomic E-state index is 13.4. The molecule has 2 aliphatic rings. The predicted molar refractivity (Wildman–Crippen MR) is 137 cm³/mol. The van der Waals surface area contributed by atoms with Gasteiger partial charge in [-0.2, -0.15) is 0 Å². The van der Waals surface area contributed by atoms with Gasteiger partial charge in [-0.3, -0.25) is 14.5 Å².